The highest BCUT2D eigenvalue weighted by Gasteiger charge is 2.32. The van der Waals surface area contributed by atoms with Crippen LogP contribution in [0.5, 0.6) is 0 Å². The largest absolute Gasteiger partial charge is 0.349 e. The fourth-order valence-electron chi connectivity index (χ4n) is 3.67. The highest BCUT2D eigenvalue weighted by atomic mass is 79.9. The number of amides is 2. The summed E-state index contributed by atoms with van der Waals surface area (Å²) < 4.78 is 0.980. The Kier molecular flexibility index (Phi) is 5.56. The van der Waals surface area contributed by atoms with E-state index >= 15 is 0 Å². The van der Waals surface area contributed by atoms with Crippen LogP contribution in [0.15, 0.2) is 28.7 Å². The van der Waals surface area contributed by atoms with Gasteiger partial charge in [0.25, 0.3) is 0 Å². The Hall–Kier alpha value is -1.40. The van der Waals surface area contributed by atoms with Gasteiger partial charge in [-0.25, -0.2) is 0 Å². The first-order valence-electron chi connectivity index (χ1n) is 8.57. The van der Waals surface area contributed by atoms with Crippen LogP contribution in [-0.4, -0.2) is 41.9 Å². The van der Waals surface area contributed by atoms with Crippen molar-refractivity contribution in [1.29, 1.82) is 0 Å². The molecule has 0 aromatic heterocycles. The molecule has 0 spiro atoms. The number of nitrogens with zero attached hydrogens (tertiary/aromatic N) is 1. The van der Waals surface area contributed by atoms with Crippen LogP contribution in [0, 0.1) is 0 Å². The highest BCUT2D eigenvalue weighted by Crippen LogP contribution is 2.24. The van der Waals surface area contributed by atoms with Crippen LogP contribution in [0.1, 0.15) is 44.2 Å². The molecule has 1 aromatic carbocycles. The minimum Gasteiger partial charge on any atom is -0.349 e. The standard InChI is InChI=1S/C18H24BrN3O2/c1-12(23)20-17(13-2-4-14(19)5-3-13)10-18(24)22-9-8-15-6-7-16(11-22)21-15/h2-5,15-17,21H,6-11H2,1H3,(H,20,23). The topological polar surface area (TPSA) is 61.4 Å². The molecule has 2 fully saturated rings. The summed E-state index contributed by atoms with van der Waals surface area (Å²) in [5.41, 5.74) is 0.955. The molecular weight excluding hydrogens is 370 g/mol. The predicted octanol–water partition coefficient (Wildman–Crippen LogP) is 2.37. The second kappa shape index (κ2) is 7.66. The predicted molar refractivity (Wildman–Crippen MR) is 96.5 cm³/mol. The number of carbonyl (C=O) groups excluding carboxylic acids is 2. The van der Waals surface area contributed by atoms with Gasteiger partial charge < -0.3 is 15.5 Å². The average molecular weight is 394 g/mol. The molecule has 2 amide bonds. The van der Waals surface area contributed by atoms with E-state index in [1.807, 2.05) is 29.2 Å². The van der Waals surface area contributed by atoms with Gasteiger partial charge in [0.2, 0.25) is 11.8 Å². The lowest BCUT2D eigenvalue weighted by Crippen LogP contribution is -2.41. The van der Waals surface area contributed by atoms with E-state index in [0.717, 1.165) is 36.0 Å². The Balaban J connectivity index is 1.68. The zero-order valence-electron chi connectivity index (χ0n) is 13.9. The number of rotatable bonds is 4. The third-order valence-electron chi connectivity index (χ3n) is 4.90. The van der Waals surface area contributed by atoms with Crippen LogP contribution in [-0.2, 0) is 9.59 Å². The van der Waals surface area contributed by atoms with Crippen molar-refractivity contribution in [2.45, 2.75) is 50.7 Å². The van der Waals surface area contributed by atoms with Crippen LogP contribution < -0.4 is 10.6 Å². The van der Waals surface area contributed by atoms with Crippen LogP contribution >= 0.6 is 15.9 Å². The number of fused-ring (bicyclic) bond motifs is 2. The van der Waals surface area contributed by atoms with Crippen molar-refractivity contribution < 1.29 is 9.59 Å². The first-order chi connectivity index (χ1) is 11.5. The van der Waals surface area contributed by atoms with E-state index in [4.69, 9.17) is 0 Å². The molecule has 2 aliphatic heterocycles. The molecular formula is C18H24BrN3O2. The fraction of sp³-hybridized carbons (Fsp3) is 0.556. The van der Waals surface area contributed by atoms with E-state index in [2.05, 4.69) is 26.6 Å². The number of hydrogen-bond acceptors (Lipinski definition) is 3. The first kappa shape index (κ1) is 17.4. The Morgan fingerprint density at radius 3 is 2.67 bits per heavy atom. The summed E-state index contributed by atoms with van der Waals surface area (Å²) in [6.07, 6.45) is 3.69. The summed E-state index contributed by atoms with van der Waals surface area (Å²) in [6, 6.07) is 8.47. The van der Waals surface area contributed by atoms with Gasteiger partial charge in [-0.3, -0.25) is 9.59 Å². The first-order valence-corrected chi connectivity index (χ1v) is 9.37. The second-order valence-electron chi connectivity index (χ2n) is 6.78. The number of carbonyl (C=O) groups is 2. The zero-order valence-corrected chi connectivity index (χ0v) is 15.5. The molecule has 2 saturated heterocycles. The van der Waals surface area contributed by atoms with Crippen molar-refractivity contribution in [3.05, 3.63) is 34.3 Å². The van der Waals surface area contributed by atoms with Crippen molar-refractivity contribution >= 4 is 27.7 Å². The quantitative estimate of drug-likeness (QED) is 0.825. The van der Waals surface area contributed by atoms with E-state index in [0.29, 0.717) is 18.5 Å². The van der Waals surface area contributed by atoms with E-state index in [9.17, 15) is 9.59 Å². The lowest BCUT2D eigenvalue weighted by atomic mass is 10.0. The molecule has 2 aliphatic rings. The SMILES string of the molecule is CC(=O)NC(CC(=O)N1CCC2CCC(C1)N2)c1ccc(Br)cc1. The number of halogens is 1. The highest BCUT2D eigenvalue weighted by molar-refractivity contribution is 9.10. The zero-order chi connectivity index (χ0) is 17.1. The van der Waals surface area contributed by atoms with E-state index in [1.54, 1.807) is 0 Å². The minimum atomic E-state index is -0.281. The summed E-state index contributed by atoms with van der Waals surface area (Å²) >= 11 is 3.42. The second-order valence-corrected chi connectivity index (χ2v) is 7.69. The van der Waals surface area contributed by atoms with Gasteiger partial charge in [-0.2, -0.15) is 0 Å². The third kappa shape index (κ3) is 4.36. The molecule has 2 N–H and O–H groups in total. The number of hydrogen-bond donors (Lipinski definition) is 2. The molecule has 1 aromatic rings. The Morgan fingerprint density at radius 2 is 1.96 bits per heavy atom. The monoisotopic (exact) mass is 393 g/mol. The maximum Gasteiger partial charge on any atom is 0.225 e. The lowest BCUT2D eigenvalue weighted by molar-refractivity contribution is -0.132. The van der Waals surface area contributed by atoms with Gasteiger partial charge in [0.05, 0.1) is 12.5 Å². The molecule has 3 unspecified atom stereocenters. The Labute approximate surface area is 151 Å². The van der Waals surface area contributed by atoms with E-state index < -0.39 is 0 Å². The summed E-state index contributed by atoms with van der Waals surface area (Å²) in [5.74, 6) is -0.00155. The number of likely N-dealkylation sites (tertiary alicyclic amines) is 1. The molecule has 5 nitrogen and oxygen atoms in total. The minimum absolute atomic E-state index is 0.117. The van der Waals surface area contributed by atoms with Gasteiger partial charge in [-0.05, 0) is 37.0 Å². The maximum absolute atomic E-state index is 12.8. The summed E-state index contributed by atoms with van der Waals surface area (Å²) in [6.45, 7) is 3.08. The Morgan fingerprint density at radius 1 is 1.25 bits per heavy atom. The van der Waals surface area contributed by atoms with Crippen molar-refractivity contribution in [2.75, 3.05) is 13.1 Å². The van der Waals surface area contributed by atoms with Gasteiger partial charge in [-0.15, -0.1) is 0 Å². The van der Waals surface area contributed by atoms with Gasteiger partial charge in [0.15, 0.2) is 0 Å². The maximum atomic E-state index is 12.8. The molecule has 2 heterocycles. The molecule has 0 aliphatic carbocycles. The van der Waals surface area contributed by atoms with Gasteiger partial charge in [0.1, 0.15) is 0 Å². The van der Waals surface area contributed by atoms with Crippen molar-refractivity contribution in [3.63, 3.8) is 0 Å². The van der Waals surface area contributed by atoms with Crippen LogP contribution in [0.25, 0.3) is 0 Å². The van der Waals surface area contributed by atoms with Crippen LogP contribution in [0.3, 0.4) is 0 Å². The third-order valence-corrected chi connectivity index (χ3v) is 5.43. The molecule has 130 valence electrons. The summed E-state index contributed by atoms with van der Waals surface area (Å²) in [7, 11) is 0. The summed E-state index contributed by atoms with van der Waals surface area (Å²) in [5, 5.41) is 6.51. The van der Waals surface area contributed by atoms with Crippen molar-refractivity contribution in [2.24, 2.45) is 0 Å². The van der Waals surface area contributed by atoms with E-state index in [-0.39, 0.29) is 17.9 Å². The molecule has 3 atom stereocenters. The molecule has 24 heavy (non-hydrogen) atoms. The lowest BCUT2D eigenvalue weighted by Gasteiger charge is -2.27. The fourth-order valence-corrected chi connectivity index (χ4v) is 3.93. The van der Waals surface area contributed by atoms with Crippen LogP contribution in [0.2, 0.25) is 0 Å². The molecule has 2 bridgehead atoms. The molecule has 6 heteroatoms. The summed E-state index contributed by atoms with van der Waals surface area (Å²) in [4.78, 5) is 26.3. The van der Waals surface area contributed by atoms with Gasteiger partial charge in [0, 0.05) is 36.6 Å². The number of benzene rings is 1. The number of nitrogens with one attached hydrogen (secondary N) is 2. The molecule has 0 saturated carbocycles. The van der Waals surface area contributed by atoms with Crippen LogP contribution in [0.4, 0.5) is 0 Å². The molecule has 0 radical (unpaired) electrons. The van der Waals surface area contributed by atoms with Gasteiger partial charge in [-0.1, -0.05) is 28.1 Å². The normalized spacial score (nSPS) is 24.3. The Bertz CT molecular complexity index is 605. The van der Waals surface area contributed by atoms with Crippen molar-refractivity contribution in [1.82, 2.24) is 15.5 Å². The van der Waals surface area contributed by atoms with E-state index in [1.165, 1.54) is 13.3 Å². The van der Waals surface area contributed by atoms with Crippen molar-refractivity contribution in [3.8, 4) is 0 Å². The van der Waals surface area contributed by atoms with Gasteiger partial charge >= 0.3 is 0 Å². The average Bonchev–Trinajstić information content (AvgIpc) is 2.86. The molecule has 3 rings (SSSR count). The smallest absolute Gasteiger partial charge is 0.225 e.